The second kappa shape index (κ2) is 10.7. The molecule has 1 aliphatic heterocycles. The highest BCUT2D eigenvalue weighted by Crippen LogP contribution is 2.36. The fourth-order valence-electron chi connectivity index (χ4n) is 5.45. The van der Waals surface area contributed by atoms with Gasteiger partial charge in [-0.2, -0.15) is 0 Å². The zero-order valence-corrected chi connectivity index (χ0v) is 21.0. The lowest BCUT2D eigenvalue weighted by Crippen LogP contribution is -2.43. The van der Waals surface area contributed by atoms with E-state index in [4.69, 9.17) is 11.6 Å². The number of halogens is 1. The van der Waals surface area contributed by atoms with Crippen LogP contribution in [0, 0.1) is 5.92 Å². The molecule has 0 amide bonds. The average molecular weight is 500 g/mol. The highest BCUT2D eigenvalue weighted by atomic mass is 35.5. The molecule has 1 fully saturated rings. The monoisotopic (exact) mass is 499 g/mol. The van der Waals surface area contributed by atoms with Crippen molar-refractivity contribution >= 4 is 34.0 Å². The first-order valence-electron chi connectivity index (χ1n) is 12.4. The molecule has 4 aromatic rings. The summed E-state index contributed by atoms with van der Waals surface area (Å²) < 4.78 is 0. The maximum Gasteiger partial charge on any atom is 0.339 e. The van der Waals surface area contributed by atoms with E-state index in [1.807, 2.05) is 6.07 Å². The van der Waals surface area contributed by atoms with E-state index >= 15 is 0 Å². The van der Waals surface area contributed by atoms with E-state index in [-0.39, 0.29) is 17.5 Å². The van der Waals surface area contributed by atoms with Crippen LogP contribution in [0.1, 0.15) is 46.8 Å². The Morgan fingerprint density at radius 3 is 2.67 bits per heavy atom. The first-order valence-corrected chi connectivity index (χ1v) is 12.8. The fraction of sp³-hybridized carbons (Fsp3) is 0.267. The minimum absolute atomic E-state index is 0.187. The molecule has 1 saturated heterocycles. The molecule has 6 heteroatoms. The van der Waals surface area contributed by atoms with Gasteiger partial charge in [-0.15, -0.1) is 0 Å². The van der Waals surface area contributed by atoms with E-state index < -0.39 is 5.97 Å². The van der Waals surface area contributed by atoms with Crippen molar-refractivity contribution in [1.82, 2.24) is 10.3 Å². The van der Waals surface area contributed by atoms with Gasteiger partial charge in [0.1, 0.15) is 10.7 Å². The van der Waals surface area contributed by atoms with Crippen LogP contribution in [0.5, 0.6) is 0 Å². The highest BCUT2D eigenvalue weighted by Gasteiger charge is 2.32. The number of aromatic carboxylic acids is 1. The first kappa shape index (κ1) is 24.3. The summed E-state index contributed by atoms with van der Waals surface area (Å²) in [5.41, 5.74) is 3.40. The minimum atomic E-state index is -0.988. The van der Waals surface area contributed by atoms with Crippen molar-refractivity contribution in [3.63, 3.8) is 0 Å². The summed E-state index contributed by atoms with van der Waals surface area (Å²) >= 11 is 6.17. The molecule has 184 valence electrons. The number of nitrogens with zero attached hydrogens (tertiary/aromatic N) is 2. The number of nitrogens with one attached hydrogen (secondary N) is 1. The Labute approximate surface area is 216 Å². The molecular weight excluding hydrogens is 470 g/mol. The summed E-state index contributed by atoms with van der Waals surface area (Å²) in [5.74, 6) is -0.328. The molecule has 0 radical (unpaired) electrons. The number of carboxylic acids is 1. The SMILES string of the molecule is C[C@@H](NCC1CCN(c2cc(Cl)ncc2C(=O)O)CC1c1ccccc1)c1cccc2ccccc12. The Morgan fingerprint density at radius 2 is 1.86 bits per heavy atom. The molecule has 3 atom stereocenters. The van der Waals surface area contributed by atoms with Crippen molar-refractivity contribution in [2.24, 2.45) is 5.92 Å². The van der Waals surface area contributed by atoms with E-state index in [2.05, 4.69) is 88.9 Å². The lowest BCUT2D eigenvalue weighted by molar-refractivity contribution is 0.0697. The Balaban J connectivity index is 1.38. The van der Waals surface area contributed by atoms with Gasteiger partial charge in [-0.3, -0.25) is 0 Å². The lowest BCUT2D eigenvalue weighted by atomic mass is 9.80. The third-order valence-electron chi connectivity index (χ3n) is 7.38. The van der Waals surface area contributed by atoms with Gasteiger partial charge in [0.15, 0.2) is 0 Å². The van der Waals surface area contributed by atoms with Crippen molar-refractivity contribution in [3.8, 4) is 0 Å². The maximum atomic E-state index is 11.9. The third kappa shape index (κ3) is 5.08. The molecule has 5 rings (SSSR count). The van der Waals surface area contributed by atoms with Gasteiger partial charge in [-0.05, 0) is 53.8 Å². The number of rotatable bonds is 7. The molecule has 0 spiro atoms. The van der Waals surface area contributed by atoms with Gasteiger partial charge in [0.2, 0.25) is 0 Å². The molecule has 5 nitrogen and oxygen atoms in total. The molecule has 2 N–H and O–H groups in total. The second-order valence-electron chi connectivity index (χ2n) is 9.54. The molecule has 3 aromatic carbocycles. The predicted octanol–water partition coefficient (Wildman–Crippen LogP) is 6.55. The second-order valence-corrected chi connectivity index (χ2v) is 9.93. The zero-order chi connectivity index (χ0) is 25.1. The van der Waals surface area contributed by atoms with E-state index in [0.717, 1.165) is 26.1 Å². The summed E-state index contributed by atoms with van der Waals surface area (Å²) in [6.07, 6.45) is 2.30. The highest BCUT2D eigenvalue weighted by molar-refractivity contribution is 6.29. The van der Waals surface area contributed by atoms with Gasteiger partial charge < -0.3 is 15.3 Å². The van der Waals surface area contributed by atoms with Crippen LogP contribution in [0.15, 0.2) is 85.1 Å². The third-order valence-corrected chi connectivity index (χ3v) is 7.59. The quantitative estimate of drug-likeness (QED) is 0.282. The van der Waals surface area contributed by atoms with Gasteiger partial charge in [0, 0.05) is 31.2 Å². The van der Waals surface area contributed by atoms with Crippen LogP contribution in [0.25, 0.3) is 10.8 Å². The van der Waals surface area contributed by atoms with Crippen LogP contribution in [0.2, 0.25) is 5.15 Å². The van der Waals surface area contributed by atoms with E-state index in [1.54, 1.807) is 6.07 Å². The summed E-state index contributed by atoms with van der Waals surface area (Å²) in [6.45, 7) is 4.59. The van der Waals surface area contributed by atoms with Crippen molar-refractivity contribution in [2.75, 3.05) is 24.5 Å². The van der Waals surface area contributed by atoms with Crippen LogP contribution in [-0.2, 0) is 0 Å². The Hall–Kier alpha value is -3.41. The predicted molar refractivity (Wildman–Crippen MR) is 146 cm³/mol. The number of hydrogen-bond acceptors (Lipinski definition) is 4. The number of carboxylic acid groups (broad SMARTS) is 1. The molecule has 2 unspecified atom stereocenters. The fourth-order valence-corrected chi connectivity index (χ4v) is 5.61. The number of pyridine rings is 1. The number of fused-ring (bicyclic) bond motifs is 1. The number of carbonyl (C=O) groups is 1. The average Bonchev–Trinajstić information content (AvgIpc) is 2.91. The number of aromatic nitrogens is 1. The first-order chi connectivity index (χ1) is 17.5. The molecule has 0 bridgehead atoms. The van der Waals surface area contributed by atoms with Crippen molar-refractivity contribution in [1.29, 1.82) is 0 Å². The van der Waals surface area contributed by atoms with Crippen LogP contribution in [0.3, 0.4) is 0 Å². The van der Waals surface area contributed by atoms with Gasteiger partial charge in [0.05, 0.1) is 5.69 Å². The zero-order valence-electron chi connectivity index (χ0n) is 20.3. The van der Waals surface area contributed by atoms with Crippen molar-refractivity contribution in [3.05, 3.63) is 107 Å². The molecule has 1 aromatic heterocycles. The van der Waals surface area contributed by atoms with Gasteiger partial charge in [-0.25, -0.2) is 9.78 Å². The lowest BCUT2D eigenvalue weighted by Gasteiger charge is -2.41. The van der Waals surface area contributed by atoms with Crippen LogP contribution < -0.4 is 10.2 Å². The normalized spacial score (nSPS) is 18.8. The Bertz CT molecular complexity index is 1360. The topological polar surface area (TPSA) is 65.5 Å². The van der Waals surface area contributed by atoms with E-state index in [9.17, 15) is 9.90 Å². The van der Waals surface area contributed by atoms with E-state index in [1.165, 1.54) is 28.1 Å². The molecular formula is C30H30ClN3O2. The summed E-state index contributed by atoms with van der Waals surface area (Å²) in [5, 5.41) is 16.4. The van der Waals surface area contributed by atoms with E-state index in [0.29, 0.717) is 16.8 Å². The number of anilines is 1. The summed E-state index contributed by atoms with van der Waals surface area (Å²) in [7, 11) is 0. The molecule has 0 saturated carbocycles. The van der Waals surface area contributed by atoms with Gasteiger partial charge >= 0.3 is 5.97 Å². The van der Waals surface area contributed by atoms with Crippen molar-refractivity contribution in [2.45, 2.75) is 25.3 Å². The van der Waals surface area contributed by atoms with Crippen LogP contribution in [-0.4, -0.2) is 35.7 Å². The van der Waals surface area contributed by atoms with Crippen molar-refractivity contribution < 1.29 is 9.90 Å². The summed E-state index contributed by atoms with van der Waals surface area (Å²) in [6, 6.07) is 27.4. The Kier molecular flexibility index (Phi) is 7.21. The molecule has 1 aliphatic rings. The largest absolute Gasteiger partial charge is 0.478 e. The number of hydrogen-bond donors (Lipinski definition) is 2. The van der Waals surface area contributed by atoms with Gasteiger partial charge in [0.25, 0.3) is 0 Å². The molecule has 2 heterocycles. The number of benzene rings is 3. The minimum Gasteiger partial charge on any atom is -0.478 e. The van der Waals surface area contributed by atoms with Crippen LogP contribution >= 0.6 is 11.6 Å². The maximum absolute atomic E-state index is 11.9. The standard InChI is InChI=1S/C30H30ClN3O2/c1-20(24-13-7-11-21-10-5-6-12-25(21)24)32-17-23-14-15-34(19-27(23)22-8-3-2-4-9-22)28-16-29(31)33-18-26(28)30(35)36/h2-13,16,18,20,23,27,32H,14-15,17,19H2,1H3,(H,35,36)/t20-,23?,27?/m1/s1. The number of piperidine rings is 1. The van der Waals surface area contributed by atoms with Gasteiger partial charge in [-0.1, -0.05) is 84.4 Å². The van der Waals surface area contributed by atoms with Crippen LogP contribution in [0.4, 0.5) is 5.69 Å². The molecule has 0 aliphatic carbocycles. The summed E-state index contributed by atoms with van der Waals surface area (Å²) in [4.78, 5) is 18.0. The molecule has 36 heavy (non-hydrogen) atoms. The Morgan fingerprint density at radius 1 is 1.11 bits per heavy atom. The smallest absolute Gasteiger partial charge is 0.339 e.